The average Bonchev–Trinajstić information content (AvgIpc) is 3.29. The Balaban J connectivity index is 1.48. The molecule has 1 fully saturated rings. The minimum absolute atomic E-state index is 0.0224. The first-order valence-corrected chi connectivity index (χ1v) is 10.5. The van der Waals surface area contributed by atoms with Gasteiger partial charge >= 0.3 is 0 Å². The van der Waals surface area contributed by atoms with Gasteiger partial charge in [0.15, 0.2) is 5.76 Å². The summed E-state index contributed by atoms with van der Waals surface area (Å²) in [4.78, 5) is 27.3. The third-order valence-electron chi connectivity index (χ3n) is 5.97. The van der Waals surface area contributed by atoms with Gasteiger partial charge in [-0.1, -0.05) is 35.9 Å². The number of rotatable bonds is 3. The van der Waals surface area contributed by atoms with Crippen LogP contribution in [0.15, 0.2) is 64.0 Å². The zero-order valence-corrected chi connectivity index (χ0v) is 17.1. The molecule has 0 saturated carbocycles. The van der Waals surface area contributed by atoms with Gasteiger partial charge in [-0.3, -0.25) is 9.59 Å². The number of hydrogen-bond donors (Lipinski definition) is 0. The molecular weight excluding hydrogens is 400 g/mol. The Hall–Kier alpha value is -3.05. The van der Waals surface area contributed by atoms with Crippen LogP contribution in [-0.2, 0) is 6.54 Å². The monoisotopic (exact) mass is 420 g/mol. The quantitative estimate of drug-likeness (QED) is 0.625. The van der Waals surface area contributed by atoms with E-state index in [4.69, 9.17) is 16.0 Å². The van der Waals surface area contributed by atoms with E-state index in [1.807, 2.05) is 52.0 Å². The normalized spacial score (nSPS) is 20.4. The fourth-order valence-corrected chi connectivity index (χ4v) is 4.80. The Labute approximate surface area is 179 Å². The summed E-state index contributed by atoms with van der Waals surface area (Å²) >= 11 is 5.97. The smallest absolute Gasteiger partial charge is 0.289 e. The Bertz CT molecular complexity index is 1160. The molecular formula is C24H21ClN2O3. The number of nitrogens with zero attached hydrogens (tertiary/aromatic N) is 2. The Morgan fingerprint density at radius 2 is 1.87 bits per heavy atom. The van der Waals surface area contributed by atoms with Crippen LogP contribution in [0.25, 0.3) is 12.2 Å². The van der Waals surface area contributed by atoms with Gasteiger partial charge in [0.05, 0.1) is 6.26 Å². The van der Waals surface area contributed by atoms with Crippen molar-refractivity contribution in [1.29, 1.82) is 0 Å². The Kier molecular flexibility index (Phi) is 4.83. The predicted octanol–water partition coefficient (Wildman–Crippen LogP) is 4.52. The number of piperidine rings is 1. The molecule has 30 heavy (non-hydrogen) atoms. The number of halogens is 1. The zero-order valence-electron chi connectivity index (χ0n) is 16.3. The molecule has 1 amide bonds. The number of likely N-dealkylation sites (tertiary alicyclic amines) is 1. The number of furan rings is 1. The number of aromatic nitrogens is 1. The molecule has 4 heterocycles. The average molecular weight is 421 g/mol. The molecule has 0 aliphatic carbocycles. The molecule has 2 aliphatic heterocycles. The molecule has 0 radical (unpaired) electrons. The maximum absolute atomic E-state index is 12.8. The van der Waals surface area contributed by atoms with E-state index >= 15 is 0 Å². The van der Waals surface area contributed by atoms with E-state index in [1.165, 1.54) is 6.26 Å². The van der Waals surface area contributed by atoms with E-state index in [-0.39, 0.29) is 23.3 Å². The number of hydrogen-bond acceptors (Lipinski definition) is 3. The highest BCUT2D eigenvalue weighted by molar-refractivity contribution is 6.30. The summed E-state index contributed by atoms with van der Waals surface area (Å²) in [6.45, 7) is 1.86. The van der Waals surface area contributed by atoms with Crippen molar-refractivity contribution in [2.75, 3.05) is 13.1 Å². The lowest BCUT2D eigenvalue weighted by Crippen LogP contribution is -2.49. The van der Waals surface area contributed by atoms with E-state index in [0.717, 1.165) is 23.2 Å². The van der Waals surface area contributed by atoms with Crippen molar-refractivity contribution in [3.63, 3.8) is 0 Å². The second kappa shape index (κ2) is 7.65. The number of amides is 1. The van der Waals surface area contributed by atoms with Crippen LogP contribution in [0.3, 0.4) is 0 Å². The molecule has 2 atom stereocenters. The lowest BCUT2D eigenvalue weighted by Gasteiger charge is -2.43. The Morgan fingerprint density at radius 1 is 1.03 bits per heavy atom. The van der Waals surface area contributed by atoms with Crippen molar-refractivity contribution < 1.29 is 9.21 Å². The van der Waals surface area contributed by atoms with Gasteiger partial charge in [-0.2, -0.15) is 0 Å². The fourth-order valence-electron chi connectivity index (χ4n) is 4.67. The maximum atomic E-state index is 12.8. The summed E-state index contributed by atoms with van der Waals surface area (Å²) in [5.74, 6) is 0.668. The number of benzene rings is 1. The summed E-state index contributed by atoms with van der Waals surface area (Å²) < 4.78 is 7.21. The number of pyridine rings is 1. The van der Waals surface area contributed by atoms with E-state index in [2.05, 4.69) is 0 Å². The molecule has 1 saturated heterocycles. The molecule has 0 N–H and O–H groups in total. The van der Waals surface area contributed by atoms with Crippen LogP contribution < -0.4 is 5.56 Å². The highest BCUT2D eigenvalue weighted by Gasteiger charge is 2.38. The first-order chi connectivity index (χ1) is 14.6. The third kappa shape index (κ3) is 3.50. The van der Waals surface area contributed by atoms with Gasteiger partial charge in [-0.15, -0.1) is 0 Å². The molecule has 5 nitrogen and oxygen atoms in total. The molecule has 0 unspecified atom stereocenters. The topological polar surface area (TPSA) is 55.5 Å². The summed E-state index contributed by atoms with van der Waals surface area (Å²) in [5, 5.41) is 0.699. The van der Waals surface area contributed by atoms with E-state index in [0.29, 0.717) is 30.4 Å². The van der Waals surface area contributed by atoms with Gasteiger partial charge in [0.25, 0.3) is 11.5 Å². The molecule has 5 rings (SSSR count). The molecule has 1 aromatic carbocycles. The molecule has 3 aromatic rings. The van der Waals surface area contributed by atoms with Crippen LogP contribution in [0.1, 0.15) is 39.7 Å². The molecule has 2 aromatic heterocycles. The first-order valence-electron chi connectivity index (χ1n) is 10.1. The molecule has 6 heteroatoms. The summed E-state index contributed by atoms with van der Waals surface area (Å²) in [7, 11) is 0. The van der Waals surface area contributed by atoms with Crippen molar-refractivity contribution >= 4 is 29.7 Å². The van der Waals surface area contributed by atoms with Crippen LogP contribution in [0.5, 0.6) is 0 Å². The van der Waals surface area contributed by atoms with Crippen molar-refractivity contribution in [2.24, 2.45) is 5.92 Å². The second-order valence-electron chi connectivity index (χ2n) is 7.99. The molecule has 2 aliphatic rings. The largest absolute Gasteiger partial charge is 0.459 e. The SMILES string of the molecule is O=C(c1ccco1)N1C[C@H]2C[C@H](C1)c1c(C=Cc3ccc(Cl)cc3)ccc(=O)n1C2. The highest BCUT2D eigenvalue weighted by Crippen LogP contribution is 2.37. The van der Waals surface area contributed by atoms with Gasteiger partial charge in [0.1, 0.15) is 0 Å². The Morgan fingerprint density at radius 3 is 2.63 bits per heavy atom. The van der Waals surface area contributed by atoms with Gasteiger partial charge in [0.2, 0.25) is 0 Å². The summed E-state index contributed by atoms with van der Waals surface area (Å²) in [5.41, 5.74) is 3.09. The van der Waals surface area contributed by atoms with Crippen molar-refractivity contribution in [2.45, 2.75) is 18.9 Å². The first kappa shape index (κ1) is 18.9. The van der Waals surface area contributed by atoms with Gasteiger partial charge in [-0.25, -0.2) is 0 Å². The molecule has 0 spiro atoms. The minimum atomic E-state index is -0.0836. The minimum Gasteiger partial charge on any atom is -0.459 e. The second-order valence-corrected chi connectivity index (χ2v) is 8.43. The molecule has 152 valence electrons. The maximum Gasteiger partial charge on any atom is 0.289 e. The lowest BCUT2D eigenvalue weighted by atomic mass is 9.81. The van der Waals surface area contributed by atoms with E-state index in [9.17, 15) is 9.59 Å². The zero-order chi connectivity index (χ0) is 20.7. The van der Waals surface area contributed by atoms with Crippen molar-refractivity contribution in [3.8, 4) is 0 Å². The van der Waals surface area contributed by atoms with Crippen molar-refractivity contribution in [3.05, 3.63) is 92.8 Å². The van der Waals surface area contributed by atoms with Gasteiger partial charge < -0.3 is 13.9 Å². The van der Waals surface area contributed by atoms with Gasteiger partial charge in [0, 0.05) is 42.3 Å². The van der Waals surface area contributed by atoms with E-state index in [1.54, 1.807) is 18.2 Å². The predicted molar refractivity (Wildman–Crippen MR) is 117 cm³/mol. The number of fused-ring (bicyclic) bond motifs is 4. The van der Waals surface area contributed by atoms with Crippen LogP contribution >= 0.6 is 11.6 Å². The van der Waals surface area contributed by atoms with Crippen LogP contribution in [0.2, 0.25) is 5.02 Å². The highest BCUT2D eigenvalue weighted by atomic mass is 35.5. The van der Waals surface area contributed by atoms with Gasteiger partial charge in [-0.05, 0) is 53.8 Å². The number of carbonyl (C=O) groups excluding carboxylic acids is 1. The third-order valence-corrected chi connectivity index (χ3v) is 6.22. The number of carbonyl (C=O) groups is 1. The molecule has 2 bridgehead atoms. The lowest BCUT2D eigenvalue weighted by molar-refractivity contribution is 0.0563. The van der Waals surface area contributed by atoms with Crippen LogP contribution in [-0.4, -0.2) is 28.5 Å². The summed E-state index contributed by atoms with van der Waals surface area (Å²) in [6, 6.07) is 14.6. The standard InChI is InChI=1S/C24H21ClN2O3/c25-20-8-4-16(5-9-20)3-6-18-7-10-22(28)27-14-17-12-19(23(18)27)15-26(13-17)24(29)21-2-1-11-30-21/h1-11,17,19H,12-15H2/t17-,19-/m1/s1. The van der Waals surface area contributed by atoms with Crippen molar-refractivity contribution in [1.82, 2.24) is 9.47 Å². The van der Waals surface area contributed by atoms with Crippen LogP contribution in [0.4, 0.5) is 0 Å². The summed E-state index contributed by atoms with van der Waals surface area (Å²) in [6.07, 6.45) is 6.57. The fraction of sp³-hybridized carbons (Fsp3) is 0.250. The van der Waals surface area contributed by atoms with Crippen LogP contribution in [0, 0.1) is 5.92 Å². The van der Waals surface area contributed by atoms with E-state index < -0.39 is 0 Å².